The first-order chi connectivity index (χ1) is 11.5. The van der Waals surface area contributed by atoms with Gasteiger partial charge in [-0.2, -0.15) is 5.01 Å². The molecule has 0 radical (unpaired) electrons. The maximum absolute atomic E-state index is 12.5. The van der Waals surface area contributed by atoms with Crippen molar-refractivity contribution in [2.75, 3.05) is 0 Å². The van der Waals surface area contributed by atoms with Crippen LogP contribution in [0.25, 0.3) is 6.08 Å². The average Bonchev–Trinajstić information content (AvgIpc) is 3.07. The van der Waals surface area contributed by atoms with Gasteiger partial charge in [0, 0.05) is 10.4 Å². The molecule has 7 heteroatoms. The number of thiocarbonyl (C=S) groups is 1. The lowest BCUT2D eigenvalue weighted by Gasteiger charge is -2.15. The second kappa shape index (κ2) is 6.88. The summed E-state index contributed by atoms with van der Waals surface area (Å²) in [6, 6.07) is 9.12. The van der Waals surface area contributed by atoms with E-state index in [1.807, 2.05) is 43.5 Å². The largest absolute Gasteiger partial charge is 0.285 e. The summed E-state index contributed by atoms with van der Waals surface area (Å²) in [5.41, 5.74) is 5.23. The minimum Gasteiger partial charge on any atom is -0.267 e. The van der Waals surface area contributed by atoms with Gasteiger partial charge in [0.25, 0.3) is 11.8 Å². The number of hydrazine groups is 1. The highest BCUT2D eigenvalue weighted by atomic mass is 32.2. The zero-order chi connectivity index (χ0) is 17.3. The van der Waals surface area contributed by atoms with E-state index in [4.69, 9.17) is 12.2 Å². The molecule has 0 bridgehead atoms. The zero-order valence-electron chi connectivity index (χ0n) is 13.0. The molecule has 4 nitrogen and oxygen atoms in total. The highest BCUT2D eigenvalue weighted by Crippen LogP contribution is 2.33. The Morgan fingerprint density at radius 2 is 1.92 bits per heavy atom. The number of hydrogen-bond donors (Lipinski definition) is 1. The Morgan fingerprint density at radius 1 is 1.21 bits per heavy atom. The van der Waals surface area contributed by atoms with Crippen LogP contribution in [0.15, 0.2) is 40.6 Å². The first-order valence-corrected chi connectivity index (χ1v) is 9.26. The van der Waals surface area contributed by atoms with Gasteiger partial charge in [0.05, 0.1) is 4.91 Å². The zero-order valence-corrected chi connectivity index (χ0v) is 15.5. The molecule has 1 aromatic heterocycles. The van der Waals surface area contributed by atoms with Crippen molar-refractivity contribution in [1.29, 1.82) is 0 Å². The Kier molecular flexibility index (Phi) is 4.84. The molecular weight excluding hydrogens is 360 g/mol. The van der Waals surface area contributed by atoms with Crippen molar-refractivity contribution in [2.45, 2.75) is 13.8 Å². The first kappa shape index (κ1) is 16.9. The Bertz CT molecular complexity index is 853. The summed E-state index contributed by atoms with van der Waals surface area (Å²) < 4.78 is 0.320. The van der Waals surface area contributed by atoms with Crippen LogP contribution >= 0.6 is 35.3 Å². The fourth-order valence-electron chi connectivity index (χ4n) is 2.09. The third-order valence-electron chi connectivity index (χ3n) is 3.48. The van der Waals surface area contributed by atoms with E-state index in [1.165, 1.54) is 11.8 Å². The molecule has 0 spiro atoms. The van der Waals surface area contributed by atoms with E-state index in [-0.39, 0.29) is 11.8 Å². The van der Waals surface area contributed by atoms with E-state index in [2.05, 4.69) is 5.43 Å². The molecule has 0 unspecified atom stereocenters. The van der Waals surface area contributed by atoms with E-state index in [1.54, 1.807) is 23.5 Å². The maximum atomic E-state index is 12.5. The van der Waals surface area contributed by atoms with E-state index in [9.17, 15) is 9.59 Å². The Balaban J connectivity index is 1.77. The number of carbonyl (C=O) groups excluding carboxylic acids is 2. The summed E-state index contributed by atoms with van der Waals surface area (Å²) >= 11 is 7.98. The van der Waals surface area contributed by atoms with Gasteiger partial charge in [-0.1, -0.05) is 29.5 Å². The standard InChI is InChI=1S/C17H14N2O2S3/c1-10-3-5-12(6-4-10)15(20)18-19-16(21)14(24-17(19)22)9-13-11(2)7-8-23-13/h3-9H,1-2H3,(H,18,20)/b14-9+. The summed E-state index contributed by atoms with van der Waals surface area (Å²) in [7, 11) is 0. The second-order valence-electron chi connectivity index (χ2n) is 5.29. The van der Waals surface area contributed by atoms with Crippen LogP contribution in [-0.4, -0.2) is 21.1 Å². The molecule has 2 amide bonds. The van der Waals surface area contributed by atoms with Gasteiger partial charge in [-0.15, -0.1) is 11.3 Å². The third kappa shape index (κ3) is 3.43. The van der Waals surface area contributed by atoms with Crippen LogP contribution in [0.3, 0.4) is 0 Å². The number of nitrogens with zero attached hydrogens (tertiary/aromatic N) is 1. The van der Waals surface area contributed by atoms with Crippen molar-refractivity contribution in [1.82, 2.24) is 10.4 Å². The molecule has 122 valence electrons. The van der Waals surface area contributed by atoms with Gasteiger partial charge in [0.1, 0.15) is 0 Å². The van der Waals surface area contributed by atoms with Crippen molar-refractivity contribution in [2.24, 2.45) is 0 Å². The number of carbonyl (C=O) groups is 2. The maximum Gasteiger partial charge on any atom is 0.285 e. The number of thioether (sulfide) groups is 1. The lowest BCUT2D eigenvalue weighted by molar-refractivity contribution is -0.123. The summed E-state index contributed by atoms with van der Waals surface area (Å²) in [4.78, 5) is 26.3. The van der Waals surface area contributed by atoms with Crippen molar-refractivity contribution >= 4 is 57.5 Å². The highest BCUT2D eigenvalue weighted by Gasteiger charge is 2.33. The van der Waals surface area contributed by atoms with Crippen LogP contribution in [0.1, 0.15) is 26.4 Å². The summed E-state index contributed by atoms with van der Waals surface area (Å²) in [5.74, 6) is -0.668. The van der Waals surface area contributed by atoms with E-state index >= 15 is 0 Å². The SMILES string of the molecule is Cc1ccc(C(=O)NN2C(=O)/C(=C\c3sccc3C)SC2=S)cc1. The molecule has 1 N–H and O–H groups in total. The predicted octanol–water partition coefficient (Wildman–Crippen LogP) is 3.91. The fraction of sp³-hybridized carbons (Fsp3) is 0.118. The van der Waals surface area contributed by atoms with Crippen LogP contribution in [0.4, 0.5) is 0 Å². The van der Waals surface area contributed by atoms with Crippen molar-refractivity contribution in [3.05, 3.63) is 62.2 Å². The van der Waals surface area contributed by atoms with E-state index in [0.717, 1.165) is 21.0 Å². The summed E-state index contributed by atoms with van der Waals surface area (Å²) in [5, 5.41) is 3.11. The quantitative estimate of drug-likeness (QED) is 0.654. The van der Waals surface area contributed by atoms with E-state index < -0.39 is 0 Å². The van der Waals surface area contributed by atoms with Crippen LogP contribution < -0.4 is 5.43 Å². The number of nitrogens with one attached hydrogen (secondary N) is 1. The number of aryl methyl sites for hydroxylation is 2. The Hall–Kier alpha value is -1.96. The molecule has 1 aromatic carbocycles. The van der Waals surface area contributed by atoms with Gasteiger partial charge in [-0.3, -0.25) is 15.0 Å². The summed E-state index contributed by atoms with van der Waals surface area (Å²) in [6.07, 6.45) is 1.82. The van der Waals surface area contributed by atoms with Crippen molar-refractivity contribution in [3.63, 3.8) is 0 Å². The molecule has 0 atom stereocenters. The van der Waals surface area contributed by atoms with Crippen LogP contribution in [0.2, 0.25) is 0 Å². The molecule has 1 aliphatic rings. The molecule has 0 aliphatic carbocycles. The molecule has 2 heterocycles. The molecule has 1 saturated heterocycles. The predicted molar refractivity (Wildman–Crippen MR) is 103 cm³/mol. The van der Waals surface area contributed by atoms with Crippen molar-refractivity contribution in [3.8, 4) is 0 Å². The molecular formula is C17H14N2O2S3. The van der Waals surface area contributed by atoms with Crippen molar-refractivity contribution < 1.29 is 9.59 Å². The monoisotopic (exact) mass is 374 g/mol. The van der Waals surface area contributed by atoms with Gasteiger partial charge in [-0.05, 0) is 61.3 Å². The van der Waals surface area contributed by atoms with Crippen LogP contribution in [0, 0.1) is 13.8 Å². The molecule has 0 saturated carbocycles. The van der Waals surface area contributed by atoms with Gasteiger partial charge in [0.2, 0.25) is 0 Å². The lowest BCUT2D eigenvalue weighted by atomic mass is 10.1. The number of rotatable bonds is 3. The smallest absolute Gasteiger partial charge is 0.267 e. The average molecular weight is 375 g/mol. The topological polar surface area (TPSA) is 49.4 Å². The number of amides is 2. The number of hydrogen-bond acceptors (Lipinski definition) is 5. The minimum atomic E-state index is -0.361. The fourth-order valence-corrected chi connectivity index (χ4v) is 4.18. The second-order valence-corrected chi connectivity index (χ2v) is 7.92. The lowest BCUT2D eigenvalue weighted by Crippen LogP contribution is -2.44. The van der Waals surface area contributed by atoms with Gasteiger partial charge in [0.15, 0.2) is 4.32 Å². The summed E-state index contributed by atoms with van der Waals surface area (Å²) in [6.45, 7) is 3.93. The Morgan fingerprint density at radius 3 is 2.54 bits per heavy atom. The normalized spacial score (nSPS) is 16.1. The van der Waals surface area contributed by atoms with Crippen LogP contribution in [-0.2, 0) is 4.79 Å². The van der Waals surface area contributed by atoms with E-state index in [0.29, 0.717) is 14.8 Å². The van der Waals surface area contributed by atoms with Gasteiger partial charge in [-0.25, -0.2) is 0 Å². The van der Waals surface area contributed by atoms with Gasteiger partial charge < -0.3 is 0 Å². The number of thiophene rings is 1. The highest BCUT2D eigenvalue weighted by molar-refractivity contribution is 8.26. The third-order valence-corrected chi connectivity index (χ3v) is 5.75. The van der Waals surface area contributed by atoms with Crippen LogP contribution in [0.5, 0.6) is 0 Å². The molecule has 1 fully saturated rings. The molecule has 2 aromatic rings. The number of benzene rings is 1. The molecule has 24 heavy (non-hydrogen) atoms. The minimum absolute atomic E-state index is 0.307. The first-order valence-electron chi connectivity index (χ1n) is 7.15. The Labute approximate surface area is 153 Å². The molecule has 1 aliphatic heterocycles. The van der Waals surface area contributed by atoms with Gasteiger partial charge >= 0.3 is 0 Å². The molecule has 3 rings (SSSR count).